The van der Waals surface area contributed by atoms with E-state index in [0.29, 0.717) is 31.0 Å². The Morgan fingerprint density at radius 3 is 2.91 bits per heavy atom. The summed E-state index contributed by atoms with van der Waals surface area (Å²) in [6.45, 7) is 3.72. The lowest BCUT2D eigenvalue weighted by atomic mass is 10.0. The number of aliphatic hydroxyl groups is 1. The lowest BCUT2D eigenvalue weighted by molar-refractivity contribution is 0.0345. The molecule has 1 fully saturated rings. The first-order valence-corrected chi connectivity index (χ1v) is 7.64. The van der Waals surface area contributed by atoms with Crippen LogP contribution in [0.25, 0.3) is 0 Å². The number of hydrogen-bond acceptors (Lipinski definition) is 6. The van der Waals surface area contributed by atoms with Gasteiger partial charge in [-0.1, -0.05) is 0 Å². The molecule has 3 heterocycles. The number of piperidine rings is 1. The second-order valence-corrected chi connectivity index (χ2v) is 5.76. The third-order valence-corrected chi connectivity index (χ3v) is 3.98. The summed E-state index contributed by atoms with van der Waals surface area (Å²) in [5, 5.41) is 13.2. The van der Waals surface area contributed by atoms with E-state index in [2.05, 4.69) is 20.2 Å². The summed E-state index contributed by atoms with van der Waals surface area (Å²) in [4.78, 5) is 22.4. The van der Waals surface area contributed by atoms with Crippen LogP contribution in [0.1, 0.15) is 28.4 Å². The summed E-state index contributed by atoms with van der Waals surface area (Å²) in [5.41, 5.74) is 1.40. The Labute approximate surface area is 134 Å². The van der Waals surface area contributed by atoms with Crippen LogP contribution in [0.3, 0.4) is 0 Å². The number of amides is 1. The highest BCUT2D eigenvalue weighted by molar-refractivity contribution is 5.94. The molecule has 1 aliphatic rings. The summed E-state index contributed by atoms with van der Waals surface area (Å²) in [7, 11) is 0. The first kappa shape index (κ1) is 15.6. The zero-order chi connectivity index (χ0) is 16.2. The third-order valence-electron chi connectivity index (χ3n) is 3.98. The largest absolute Gasteiger partial charge is 0.449 e. The quantitative estimate of drug-likeness (QED) is 0.864. The van der Waals surface area contributed by atoms with Gasteiger partial charge < -0.3 is 14.8 Å². The van der Waals surface area contributed by atoms with Crippen LogP contribution >= 0.6 is 0 Å². The maximum atomic E-state index is 12.1. The van der Waals surface area contributed by atoms with Gasteiger partial charge in [-0.2, -0.15) is 0 Å². The lowest BCUT2D eigenvalue weighted by Crippen LogP contribution is -2.53. The van der Waals surface area contributed by atoms with Crippen molar-refractivity contribution in [3.8, 4) is 0 Å². The number of aryl methyl sites for hydroxylation is 1. The van der Waals surface area contributed by atoms with Gasteiger partial charge in [0.2, 0.25) is 0 Å². The summed E-state index contributed by atoms with van der Waals surface area (Å²) in [5.74, 6) is 0.456. The minimum absolute atomic E-state index is 0.183. The molecule has 0 unspecified atom stereocenters. The van der Waals surface area contributed by atoms with Gasteiger partial charge in [0.1, 0.15) is 6.26 Å². The molecule has 23 heavy (non-hydrogen) atoms. The number of pyridine rings is 1. The summed E-state index contributed by atoms with van der Waals surface area (Å²) >= 11 is 0. The molecule has 2 aromatic rings. The van der Waals surface area contributed by atoms with E-state index in [9.17, 15) is 9.90 Å². The zero-order valence-electron chi connectivity index (χ0n) is 13.0. The summed E-state index contributed by atoms with van der Waals surface area (Å²) < 4.78 is 5.19. The second kappa shape index (κ2) is 6.89. The standard InChI is InChI=1S/C16H20N4O3/c1-11-18-13(10-23-11)8-20-7-4-14(15(21)9-20)19-16(22)12-2-5-17-6-3-12/h2-3,5-6,10,14-15,21H,4,7-9H2,1H3,(H,19,22)/t14-,15-/m1/s1. The number of aliphatic hydroxyl groups excluding tert-OH is 1. The number of oxazole rings is 1. The van der Waals surface area contributed by atoms with Crippen LogP contribution in [0.4, 0.5) is 0 Å². The van der Waals surface area contributed by atoms with Crippen molar-refractivity contribution in [3.05, 3.63) is 47.9 Å². The Kier molecular flexibility index (Phi) is 4.68. The number of aromatic nitrogens is 2. The topological polar surface area (TPSA) is 91.5 Å². The van der Waals surface area contributed by atoms with Crippen molar-refractivity contribution in [2.45, 2.75) is 32.0 Å². The van der Waals surface area contributed by atoms with Gasteiger partial charge in [0.05, 0.1) is 17.8 Å². The van der Waals surface area contributed by atoms with Crippen molar-refractivity contribution < 1.29 is 14.3 Å². The zero-order valence-corrected chi connectivity index (χ0v) is 13.0. The van der Waals surface area contributed by atoms with Crippen molar-refractivity contribution in [3.63, 3.8) is 0 Å². The average molecular weight is 316 g/mol. The Bertz CT molecular complexity index is 658. The molecule has 122 valence electrons. The van der Waals surface area contributed by atoms with Crippen molar-refractivity contribution in [1.29, 1.82) is 0 Å². The van der Waals surface area contributed by atoms with Gasteiger partial charge in [0.25, 0.3) is 5.91 Å². The molecular weight excluding hydrogens is 296 g/mol. The Morgan fingerprint density at radius 2 is 2.26 bits per heavy atom. The fourth-order valence-electron chi connectivity index (χ4n) is 2.77. The van der Waals surface area contributed by atoms with Crippen LogP contribution in [0.5, 0.6) is 0 Å². The SMILES string of the molecule is Cc1nc(CN2CC[C@@H](NC(=O)c3ccncc3)[C@H](O)C2)co1. The number of hydrogen-bond donors (Lipinski definition) is 2. The number of β-amino-alcohol motifs (C(OH)–C–C–N with tert-alkyl or cyclic N) is 1. The van der Waals surface area contributed by atoms with Gasteiger partial charge in [-0.05, 0) is 18.6 Å². The normalized spacial score (nSPS) is 22.0. The minimum Gasteiger partial charge on any atom is -0.449 e. The Morgan fingerprint density at radius 1 is 1.48 bits per heavy atom. The van der Waals surface area contributed by atoms with E-state index >= 15 is 0 Å². The van der Waals surface area contributed by atoms with E-state index in [1.54, 1.807) is 37.7 Å². The van der Waals surface area contributed by atoms with Crippen molar-refractivity contribution in [2.24, 2.45) is 0 Å². The van der Waals surface area contributed by atoms with Crippen molar-refractivity contribution in [1.82, 2.24) is 20.2 Å². The highest BCUT2D eigenvalue weighted by Gasteiger charge is 2.29. The molecule has 2 atom stereocenters. The Hall–Kier alpha value is -2.25. The molecule has 0 aliphatic carbocycles. The first-order valence-electron chi connectivity index (χ1n) is 7.64. The number of rotatable bonds is 4. The summed E-state index contributed by atoms with van der Waals surface area (Å²) in [6, 6.07) is 3.07. The van der Waals surface area contributed by atoms with E-state index in [0.717, 1.165) is 12.2 Å². The molecule has 1 amide bonds. The highest BCUT2D eigenvalue weighted by Crippen LogP contribution is 2.15. The first-order chi connectivity index (χ1) is 11.1. The minimum atomic E-state index is -0.609. The van der Waals surface area contributed by atoms with E-state index < -0.39 is 6.10 Å². The van der Waals surface area contributed by atoms with Crippen molar-refractivity contribution in [2.75, 3.05) is 13.1 Å². The molecule has 0 spiro atoms. The molecule has 7 nitrogen and oxygen atoms in total. The van der Waals surface area contributed by atoms with E-state index in [1.807, 2.05) is 0 Å². The number of carbonyl (C=O) groups excluding carboxylic acids is 1. The molecule has 1 aliphatic heterocycles. The Balaban J connectivity index is 1.53. The highest BCUT2D eigenvalue weighted by atomic mass is 16.3. The van der Waals surface area contributed by atoms with E-state index in [4.69, 9.17) is 4.42 Å². The molecule has 0 bridgehead atoms. The fraction of sp³-hybridized carbons (Fsp3) is 0.438. The van der Waals surface area contributed by atoms with Crippen LogP contribution in [0.15, 0.2) is 35.2 Å². The smallest absolute Gasteiger partial charge is 0.251 e. The molecule has 7 heteroatoms. The molecule has 1 saturated heterocycles. The van der Waals surface area contributed by atoms with Crippen molar-refractivity contribution >= 4 is 5.91 Å². The van der Waals surface area contributed by atoms with Gasteiger partial charge in [-0.3, -0.25) is 14.7 Å². The van der Waals surface area contributed by atoms with Crippen LogP contribution in [-0.4, -0.2) is 51.1 Å². The number of likely N-dealkylation sites (tertiary alicyclic amines) is 1. The molecule has 2 N–H and O–H groups in total. The predicted octanol–water partition coefficient (Wildman–Crippen LogP) is 0.743. The third kappa shape index (κ3) is 3.94. The maximum Gasteiger partial charge on any atom is 0.251 e. The fourth-order valence-corrected chi connectivity index (χ4v) is 2.77. The summed E-state index contributed by atoms with van der Waals surface area (Å²) in [6.07, 6.45) is 4.87. The van der Waals surface area contributed by atoms with Crippen LogP contribution in [0, 0.1) is 6.92 Å². The maximum absolute atomic E-state index is 12.1. The molecule has 3 rings (SSSR count). The van der Waals surface area contributed by atoms with Gasteiger partial charge in [0, 0.05) is 44.5 Å². The van der Waals surface area contributed by atoms with Crippen LogP contribution in [-0.2, 0) is 6.54 Å². The van der Waals surface area contributed by atoms with Gasteiger partial charge >= 0.3 is 0 Å². The number of carbonyl (C=O) groups is 1. The molecule has 0 radical (unpaired) electrons. The van der Waals surface area contributed by atoms with Gasteiger partial charge in [-0.25, -0.2) is 4.98 Å². The van der Waals surface area contributed by atoms with E-state index in [-0.39, 0.29) is 11.9 Å². The molecule has 2 aromatic heterocycles. The number of nitrogens with one attached hydrogen (secondary N) is 1. The molecule has 0 saturated carbocycles. The number of nitrogens with zero attached hydrogens (tertiary/aromatic N) is 3. The van der Waals surface area contributed by atoms with Crippen LogP contribution < -0.4 is 5.32 Å². The molecular formula is C16H20N4O3. The van der Waals surface area contributed by atoms with Gasteiger partial charge in [0.15, 0.2) is 5.89 Å². The lowest BCUT2D eigenvalue weighted by Gasteiger charge is -2.35. The monoisotopic (exact) mass is 316 g/mol. The average Bonchev–Trinajstić information content (AvgIpc) is 2.96. The van der Waals surface area contributed by atoms with Gasteiger partial charge in [-0.15, -0.1) is 0 Å². The second-order valence-electron chi connectivity index (χ2n) is 5.76. The van der Waals surface area contributed by atoms with Crippen LogP contribution in [0.2, 0.25) is 0 Å². The predicted molar refractivity (Wildman–Crippen MR) is 82.6 cm³/mol. The molecule has 0 aromatic carbocycles. The van der Waals surface area contributed by atoms with E-state index in [1.165, 1.54) is 0 Å².